The van der Waals surface area contributed by atoms with Crippen molar-refractivity contribution in [2.24, 2.45) is 5.73 Å². The predicted octanol–water partition coefficient (Wildman–Crippen LogP) is 3.23. The molecule has 0 bridgehead atoms. The molecular weight excluding hydrogens is 376 g/mol. The van der Waals surface area contributed by atoms with E-state index in [2.05, 4.69) is 12.1 Å². The fourth-order valence-electron chi connectivity index (χ4n) is 3.89. The molecule has 0 radical (unpaired) electrons. The van der Waals surface area contributed by atoms with E-state index in [0.29, 0.717) is 25.3 Å². The minimum atomic E-state index is -0.0367. The number of carbonyl (C=O) groups excluding carboxylic acids is 1. The van der Waals surface area contributed by atoms with Crippen LogP contribution < -0.4 is 10.5 Å². The molecule has 6 heteroatoms. The summed E-state index contributed by atoms with van der Waals surface area (Å²) in [6.45, 7) is 2.62. The van der Waals surface area contributed by atoms with Gasteiger partial charge in [-0.15, -0.1) is 12.4 Å². The molecule has 0 aromatic heterocycles. The Kier molecular flexibility index (Phi) is 6.94. The third-order valence-electron chi connectivity index (χ3n) is 5.44. The smallest absolute Gasteiger partial charge is 0.253 e. The first kappa shape index (κ1) is 20.6. The van der Waals surface area contributed by atoms with E-state index in [0.717, 1.165) is 25.2 Å². The molecule has 1 unspecified atom stereocenters. The Bertz CT molecular complexity index is 763. The first-order chi connectivity index (χ1) is 13.2. The van der Waals surface area contributed by atoms with Gasteiger partial charge in [0.15, 0.2) is 0 Å². The summed E-state index contributed by atoms with van der Waals surface area (Å²) in [7, 11) is 0. The van der Waals surface area contributed by atoms with E-state index < -0.39 is 0 Å². The average molecular weight is 403 g/mol. The number of hydrogen-bond donors (Lipinski definition) is 1. The highest BCUT2D eigenvalue weighted by Crippen LogP contribution is 2.27. The zero-order valence-corrected chi connectivity index (χ0v) is 16.6. The van der Waals surface area contributed by atoms with Gasteiger partial charge in [-0.05, 0) is 42.7 Å². The van der Waals surface area contributed by atoms with Crippen LogP contribution in [0.4, 0.5) is 0 Å². The van der Waals surface area contributed by atoms with E-state index >= 15 is 0 Å². The number of hydrogen-bond acceptors (Lipinski definition) is 4. The standard InChI is InChI=1S/C22H26N2O3.ClH/c23-21-14-24(13-20(21)16-5-2-1-3-6-16)22(25)17-8-10-18(11-9-17)27-15-19-7-4-12-26-19;/h1-3,5-6,8-11,19-21H,4,7,12-15,23H2;1H/t19?,20-,21+;/m0./s1. The molecule has 2 aliphatic heterocycles. The van der Waals surface area contributed by atoms with E-state index in [9.17, 15) is 4.79 Å². The highest BCUT2D eigenvalue weighted by atomic mass is 35.5. The summed E-state index contributed by atoms with van der Waals surface area (Å²) < 4.78 is 11.3. The topological polar surface area (TPSA) is 64.8 Å². The number of amides is 1. The zero-order chi connectivity index (χ0) is 18.6. The van der Waals surface area contributed by atoms with Gasteiger partial charge in [0.25, 0.3) is 5.91 Å². The molecule has 2 aromatic rings. The molecule has 3 atom stereocenters. The number of benzene rings is 2. The largest absolute Gasteiger partial charge is 0.491 e. The second-order valence-corrected chi connectivity index (χ2v) is 7.36. The summed E-state index contributed by atoms with van der Waals surface area (Å²) >= 11 is 0. The number of nitrogens with two attached hydrogens (primary N) is 1. The average Bonchev–Trinajstić information content (AvgIpc) is 3.36. The third-order valence-corrected chi connectivity index (χ3v) is 5.44. The normalized spacial score (nSPS) is 24.0. The minimum Gasteiger partial charge on any atom is -0.491 e. The van der Waals surface area contributed by atoms with Crippen LogP contribution >= 0.6 is 12.4 Å². The van der Waals surface area contributed by atoms with Crippen molar-refractivity contribution in [2.75, 3.05) is 26.3 Å². The van der Waals surface area contributed by atoms with Gasteiger partial charge in [0.1, 0.15) is 12.4 Å². The summed E-state index contributed by atoms with van der Waals surface area (Å²) in [6.07, 6.45) is 2.34. The molecule has 28 heavy (non-hydrogen) atoms. The van der Waals surface area contributed by atoms with Crippen LogP contribution in [0.25, 0.3) is 0 Å². The second-order valence-electron chi connectivity index (χ2n) is 7.36. The number of halogens is 1. The lowest BCUT2D eigenvalue weighted by Crippen LogP contribution is -2.32. The lowest BCUT2D eigenvalue weighted by molar-refractivity contribution is 0.0679. The first-order valence-corrected chi connectivity index (χ1v) is 9.65. The van der Waals surface area contributed by atoms with E-state index in [1.165, 1.54) is 5.56 Å². The van der Waals surface area contributed by atoms with Gasteiger partial charge in [0, 0.05) is 37.2 Å². The van der Waals surface area contributed by atoms with Crippen molar-refractivity contribution < 1.29 is 14.3 Å². The number of carbonyl (C=O) groups is 1. The van der Waals surface area contributed by atoms with Crippen LogP contribution in [-0.4, -0.2) is 49.3 Å². The number of ether oxygens (including phenoxy) is 2. The minimum absolute atomic E-state index is 0. The second kappa shape index (κ2) is 9.41. The Morgan fingerprint density at radius 1 is 1.11 bits per heavy atom. The highest BCUT2D eigenvalue weighted by molar-refractivity contribution is 5.94. The maximum absolute atomic E-state index is 12.9. The summed E-state index contributed by atoms with van der Waals surface area (Å²) in [5, 5.41) is 0. The van der Waals surface area contributed by atoms with E-state index in [1.54, 1.807) is 0 Å². The molecule has 2 N–H and O–H groups in total. The third kappa shape index (κ3) is 4.66. The first-order valence-electron chi connectivity index (χ1n) is 9.65. The monoisotopic (exact) mass is 402 g/mol. The van der Waals surface area contributed by atoms with Gasteiger partial charge >= 0.3 is 0 Å². The van der Waals surface area contributed by atoms with Gasteiger partial charge in [-0.2, -0.15) is 0 Å². The van der Waals surface area contributed by atoms with Crippen LogP contribution in [0.3, 0.4) is 0 Å². The van der Waals surface area contributed by atoms with Crippen LogP contribution in [0.1, 0.15) is 34.7 Å². The molecule has 2 saturated heterocycles. The summed E-state index contributed by atoms with van der Waals surface area (Å²) in [5.41, 5.74) is 8.17. The fraction of sp³-hybridized carbons (Fsp3) is 0.409. The molecule has 0 aliphatic carbocycles. The Hall–Kier alpha value is -2.08. The Balaban J connectivity index is 0.00000225. The Labute approximate surface area is 172 Å². The van der Waals surface area contributed by atoms with Crippen molar-refractivity contribution in [3.8, 4) is 5.75 Å². The molecule has 2 aromatic carbocycles. The van der Waals surface area contributed by atoms with Crippen LogP contribution in [-0.2, 0) is 4.74 Å². The summed E-state index contributed by atoms with van der Waals surface area (Å²) in [6, 6.07) is 17.5. The van der Waals surface area contributed by atoms with Crippen LogP contribution in [0, 0.1) is 0 Å². The SMILES string of the molecule is Cl.N[C@@H]1CN(C(=O)c2ccc(OCC3CCCO3)cc2)C[C@H]1c1ccccc1. The van der Waals surface area contributed by atoms with Crippen LogP contribution in [0.2, 0.25) is 0 Å². The molecule has 2 heterocycles. The van der Waals surface area contributed by atoms with Crippen molar-refractivity contribution >= 4 is 18.3 Å². The van der Waals surface area contributed by atoms with Gasteiger partial charge in [-0.25, -0.2) is 0 Å². The van der Waals surface area contributed by atoms with Crippen LogP contribution in [0.5, 0.6) is 5.75 Å². The van der Waals surface area contributed by atoms with Crippen molar-refractivity contribution in [1.29, 1.82) is 0 Å². The molecule has 4 rings (SSSR count). The number of nitrogens with zero attached hydrogens (tertiary/aromatic N) is 1. The molecule has 150 valence electrons. The number of rotatable bonds is 5. The Morgan fingerprint density at radius 2 is 1.86 bits per heavy atom. The van der Waals surface area contributed by atoms with Crippen molar-refractivity contribution in [3.05, 3.63) is 65.7 Å². The van der Waals surface area contributed by atoms with Gasteiger partial charge in [0.05, 0.1) is 6.10 Å². The van der Waals surface area contributed by atoms with E-state index in [-0.39, 0.29) is 36.4 Å². The van der Waals surface area contributed by atoms with Crippen molar-refractivity contribution in [1.82, 2.24) is 4.90 Å². The number of likely N-dealkylation sites (tertiary alicyclic amines) is 1. The van der Waals surface area contributed by atoms with E-state index in [1.807, 2.05) is 47.4 Å². The van der Waals surface area contributed by atoms with Gasteiger partial charge in [-0.1, -0.05) is 30.3 Å². The molecule has 1 amide bonds. The summed E-state index contributed by atoms with van der Waals surface area (Å²) in [5.74, 6) is 0.973. The van der Waals surface area contributed by atoms with Gasteiger partial charge in [0.2, 0.25) is 0 Å². The molecule has 2 fully saturated rings. The maximum atomic E-state index is 12.9. The lowest BCUT2D eigenvalue weighted by atomic mass is 9.95. The zero-order valence-electron chi connectivity index (χ0n) is 15.8. The Morgan fingerprint density at radius 3 is 2.54 bits per heavy atom. The van der Waals surface area contributed by atoms with Gasteiger partial charge < -0.3 is 20.1 Å². The highest BCUT2D eigenvalue weighted by Gasteiger charge is 2.34. The maximum Gasteiger partial charge on any atom is 0.253 e. The van der Waals surface area contributed by atoms with Crippen LogP contribution in [0.15, 0.2) is 54.6 Å². The van der Waals surface area contributed by atoms with Crippen molar-refractivity contribution in [2.45, 2.75) is 30.9 Å². The van der Waals surface area contributed by atoms with Gasteiger partial charge in [-0.3, -0.25) is 4.79 Å². The van der Waals surface area contributed by atoms with E-state index in [4.69, 9.17) is 15.2 Å². The summed E-state index contributed by atoms with van der Waals surface area (Å²) in [4.78, 5) is 14.7. The lowest BCUT2D eigenvalue weighted by Gasteiger charge is -2.17. The quantitative estimate of drug-likeness (QED) is 0.833. The fourth-order valence-corrected chi connectivity index (χ4v) is 3.89. The molecular formula is C22H27ClN2O3. The molecule has 5 nitrogen and oxygen atoms in total. The van der Waals surface area contributed by atoms with Crippen molar-refractivity contribution in [3.63, 3.8) is 0 Å². The molecule has 0 saturated carbocycles. The molecule has 2 aliphatic rings. The molecule has 0 spiro atoms. The predicted molar refractivity (Wildman–Crippen MR) is 111 cm³/mol.